The Morgan fingerprint density at radius 1 is 1.23 bits per heavy atom. The zero-order valence-electron chi connectivity index (χ0n) is 8.24. The van der Waals surface area contributed by atoms with Gasteiger partial charge in [0.2, 0.25) is 0 Å². The third-order valence-corrected chi connectivity index (χ3v) is 2.58. The van der Waals surface area contributed by atoms with Crippen LogP contribution >= 0.6 is 0 Å². The van der Waals surface area contributed by atoms with Gasteiger partial charge in [-0.2, -0.15) is 0 Å². The Kier molecular flexibility index (Phi) is 4.55. The second-order valence-corrected chi connectivity index (χ2v) is 3.36. The number of aliphatic hydroxyl groups excluding tert-OH is 1. The molecule has 72 valence electrons. The molecule has 2 aliphatic rings. The maximum absolute atomic E-state index is 7.00. The maximum Gasteiger partial charge on any atom is 0.0319 e. The summed E-state index contributed by atoms with van der Waals surface area (Å²) in [6.45, 7) is 0. The first-order valence-electron chi connectivity index (χ1n) is 4.95. The van der Waals surface area contributed by atoms with Crippen LogP contribution in [0.3, 0.4) is 0 Å². The molecule has 0 aromatic rings. The molecule has 0 amide bonds. The summed E-state index contributed by atoms with van der Waals surface area (Å²) in [6.07, 6.45) is 16.6. The van der Waals surface area contributed by atoms with Gasteiger partial charge < -0.3 is 5.11 Å². The summed E-state index contributed by atoms with van der Waals surface area (Å²) in [5.41, 5.74) is 1.55. The first-order chi connectivity index (χ1) is 6.47. The van der Waals surface area contributed by atoms with Crippen molar-refractivity contribution in [3.8, 4) is 0 Å². The van der Waals surface area contributed by atoms with Crippen molar-refractivity contribution in [2.45, 2.75) is 25.7 Å². The predicted octanol–water partition coefficient (Wildman–Crippen LogP) is 2.84. The van der Waals surface area contributed by atoms with Crippen LogP contribution in [0, 0.1) is 5.92 Å². The molecule has 0 aliphatic heterocycles. The standard InChI is InChI=1S/C11H14.CH4O/c1-2-4-7-10(6-3-1)11-8-5-9-11;1-2/h1,3-4,6-7,11H,2,5,8-9H2;2H,1H3. The molecule has 1 heteroatoms. The molecule has 1 N–H and O–H groups in total. The van der Waals surface area contributed by atoms with E-state index in [9.17, 15) is 0 Å². The predicted molar refractivity (Wildman–Crippen MR) is 56.5 cm³/mol. The van der Waals surface area contributed by atoms with Gasteiger partial charge >= 0.3 is 0 Å². The zero-order chi connectivity index (χ0) is 9.52. The Bertz CT molecular complexity index is 219. The molecule has 0 aromatic heterocycles. The lowest BCUT2D eigenvalue weighted by Crippen LogP contribution is -2.12. The Labute approximate surface area is 80.5 Å². The minimum absolute atomic E-state index is 0.883. The second kappa shape index (κ2) is 5.76. The van der Waals surface area contributed by atoms with Gasteiger partial charge in [0, 0.05) is 7.11 Å². The molecule has 1 saturated carbocycles. The average Bonchev–Trinajstić information content (AvgIpc) is 2.34. The van der Waals surface area contributed by atoms with Crippen molar-refractivity contribution in [3.63, 3.8) is 0 Å². The number of rotatable bonds is 1. The molecule has 1 fully saturated rings. The quantitative estimate of drug-likeness (QED) is 0.654. The maximum atomic E-state index is 7.00. The van der Waals surface area contributed by atoms with Crippen LogP contribution in [-0.2, 0) is 0 Å². The van der Waals surface area contributed by atoms with Crippen molar-refractivity contribution >= 4 is 0 Å². The van der Waals surface area contributed by atoms with Gasteiger partial charge in [-0.15, -0.1) is 0 Å². The largest absolute Gasteiger partial charge is 0.400 e. The highest BCUT2D eigenvalue weighted by Gasteiger charge is 2.19. The lowest BCUT2D eigenvalue weighted by molar-refractivity contribution is 0.374. The molecule has 0 unspecified atom stereocenters. The van der Waals surface area contributed by atoms with Crippen LogP contribution in [-0.4, -0.2) is 12.2 Å². The number of aliphatic hydroxyl groups is 1. The third-order valence-electron chi connectivity index (χ3n) is 2.58. The van der Waals surface area contributed by atoms with Crippen molar-refractivity contribution in [2.75, 3.05) is 7.11 Å². The van der Waals surface area contributed by atoms with Crippen molar-refractivity contribution in [3.05, 3.63) is 36.0 Å². The highest BCUT2D eigenvalue weighted by Crippen LogP contribution is 2.34. The van der Waals surface area contributed by atoms with Crippen LogP contribution in [0.2, 0.25) is 0 Å². The van der Waals surface area contributed by atoms with Crippen LogP contribution in [0.5, 0.6) is 0 Å². The van der Waals surface area contributed by atoms with Crippen LogP contribution in [0.4, 0.5) is 0 Å². The van der Waals surface area contributed by atoms with Gasteiger partial charge in [0.15, 0.2) is 0 Å². The van der Waals surface area contributed by atoms with E-state index in [-0.39, 0.29) is 0 Å². The van der Waals surface area contributed by atoms with Gasteiger partial charge in [0.1, 0.15) is 0 Å². The average molecular weight is 178 g/mol. The molecule has 0 radical (unpaired) electrons. The number of hydrogen-bond donors (Lipinski definition) is 1. The van der Waals surface area contributed by atoms with E-state index in [1.54, 1.807) is 5.57 Å². The molecule has 0 spiro atoms. The van der Waals surface area contributed by atoms with E-state index in [1.807, 2.05) is 0 Å². The van der Waals surface area contributed by atoms with Crippen LogP contribution in [0.15, 0.2) is 36.0 Å². The summed E-state index contributed by atoms with van der Waals surface area (Å²) in [6, 6.07) is 0. The molecular weight excluding hydrogens is 160 g/mol. The van der Waals surface area contributed by atoms with E-state index >= 15 is 0 Å². The van der Waals surface area contributed by atoms with E-state index in [4.69, 9.17) is 5.11 Å². The molecule has 0 aromatic carbocycles. The lowest BCUT2D eigenvalue weighted by Gasteiger charge is -2.26. The first kappa shape index (κ1) is 10.3. The Hall–Kier alpha value is -0.820. The topological polar surface area (TPSA) is 20.2 Å². The fraction of sp³-hybridized carbons (Fsp3) is 0.500. The highest BCUT2D eigenvalue weighted by atomic mass is 16.2. The number of hydrogen-bond acceptors (Lipinski definition) is 1. The molecular formula is C12H18O. The van der Waals surface area contributed by atoms with E-state index in [2.05, 4.69) is 30.4 Å². The zero-order valence-corrected chi connectivity index (χ0v) is 8.24. The summed E-state index contributed by atoms with van der Waals surface area (Å²) >= 11 is 0. The van der Waals surface area contributed by atoms with Crippen molar-refractivity contribution in [1.29, 1.82) is 0 Å². The Balaban J connectivity index is 0.000000396. The van der Waals surface area contributed by atoms with Crippen molar-refractivity contribution in [2.24, 2.45) is 5.92 Å². The fourth-order valence-electron chi connectivity index (χ4n) is 1.61. The summed E-state index contributed by atoms with van der Waals surface area (Å²) < 4.78 is 0. The number of allylic oxidation sites excluding steroid dienone is 6. The minimum atomic E-state index is 0.883. The van der Waals surface area contributed by atoms with Crippen LogP contribution in [0.25, 0.3) is 0 Å². The summed E-state index contributed by atoms with van der Waals surface area (Å²) in [7, 11) is 1.00. The van der Waals surface area contributed by atoms with E-state index in [1.165, 1.54) is 19.3 Å². The Morgan fingerprint density at radius 2 is 2.00 bits per heavy atom. The van der Waals surface area contributed by atoms with Crippen molar-refractivity contribution in [1.82, 2.24) is 0 Å². The van der Waals surface area contributed by atoms with Gasteiger partial charge in [-0.25, -0.2) is 0 Å². The van der Waals surface area contributed by atoms with Crippen LogP contribution in [0.1, 0.15) is 25.7 Å². The highest BCUT2D eigenvalue weighted by molar-refractivity contribution is 5.30. The Morgan fingerprint density at radius 3 is 2.62 bits per heavy atom. The van der Waals surface area contributed by atoms with E-state index in [0.717, 1.165) is 19.4 Å². The lowest BCUT2D eigenvalue weighted by atomic mass is 9.79. The SMILES string of the molecule is C1=CCC=CC(C2CCC2)=C1.CO. The fourth-order valence-corrected chi connectivity index (χ4v) is 1.61. The summed E-state index contributed by atoms with van der Waals surface area (Å²) in [5, 5.41) is 7.00. The second-order valence-electron chi connectivity index (χ2n) is 3.36. The van der Waals surface area contributed by atoms with Crippen molar-refractivity contribution < 1.29 is 5.11 Å². The van der Waals surface area contributed by atoms with Gasteiger partial charge in [0.25, 0.3) is 0 Å². The molecule has 1 nitrogen and oxygen atoms in total. The smallest absolute Gasteiger partial charge is 0.0319 e. The molecule has 0 bridgehead atoms. The normalized spacial score (nSPS) is 20.9. The minimum Gasteiger partial charge on any atom is -0.400 e. The molecule has 2 aliphatic carbocycles. The van der Waals surface area contributed by atoms with Crippen LogP contribution < -0.4 is 0 Å². The molecule has 0 atom stereocenters. The molecule has 0 saturated heterocycles. The van der Waals surface area contributed by atoms with Gasteiger partial charge in [-0.05, 0) is 30.8 Å². The van der Waals surface area contributed by atoms with Gasteiger partial charge in [-0.3, -0.25) is 0 Å². The van der Waals surface area contributed by atoms with E-state index in [0.29, 0.717) is 0 Å². The monoisotopic (exact) mass is 178 g/mol. The molecule has 13 heavy (non-hydrogen) atoms. The summed E-state index contributed by atoms with van der Waals surface area (Å²) in [5.74, 6) is 0.883. The van der Waals surface area contributed by atoms with E-state index < -0.39 is 0 Å². The molecule has 0 heterocycles. The third kappa shape index (κ3) is 2.85. The van der Waals surface area contributed by atoms with Gasteiger partial charge in [-0.1, -0.05) is 36.8 Å². The van der Waals surface area contributed by atoms with Gasteiger partial charge in [0.05, 0.1) is 0 Å². The first-order valence-corrected chi connectivity index (χ1v) is 4.95. The molecule has 2 rings (SSSR count). The summed E-state index contributed by atoms with van der Waals surface area (Å²) in [4.78, 5) is 0.